The first-order chi connectivity index (χ1) is 4.31. The molecule has 2 aliphatic rings. The van der Waals surface area contributed by atoms with E-state index in [-0.39, 0.29) is 5.60 Å². The van der Waals surface area contributed by atoms with Gasteiger partial charge in [0.05, 0.1) is 5.60 Å². The first-order valence-electron chi connectivity index (χ1n) is 4.04. The van der Waals surface area contributed by atoms with Crippen molar-refractivity contribution < 1.29 is 5.11 Å². The molecule has 1 heteroatoms. The van der Waals surface area contributed by atoms with Gasteiger partial charge in [-0.3, -0.25) is 0 Å². The van der Waals surface area contributed by atoms with Crippen molar-refractivity contribution in [3.63, 3.8) is 0 Å². The van der Waals surface area contributed by atoms with Crippen molar-refractivity contribution >= 4 is 0 Å². The van der Waals surface area contributed by atoms with Gasteiger partial charge in [-0.2, -0.15) is 0 Å². The highest BCUT2D eigenvalue weighted by atomic mass is 16.3. The highest BCUT2D eigenvalue weighted by molar-refractivity contribution is 5.03. The van der Waals surface area contributed by atoms with E-state index in [4.69, 9.17) is 0 Å². The van der Waals surface area contributed by atoms with E-state index in [9.17, 15) is 5.11 Å². The predicted octanol–water partition coefficient (Wildman–Crippen LogP) is 1.70. The number of hydrogen-bond donors (Lipinski definition) is 1. The maximum absolute atomic E-state index is 9.63. The van der Waals surface area contributed by atoms with Gasteiger partial charge < -0.3 is 5.11 Å². The maximum Gasteiger partial charge on any atom is 0.0680 e. The number of aliphatic hydroxyl groups is 1. The molecule has 0 aromatic heterocycles. The predicted molar refractivity (Wildman–Crippen MR) is 36.1 cm³/mol. The Morgan fingerprint density at radius 2 is 2.11 bits per heavy atom. The largest absolute Gasteiger partial charge is 0.390 e. The molecule has 2 atom stereocenters. The third-order valence-corrected chi connectivity index (χ3v) is 2.86. The third kappa shape index (κ3) is 0.877. The van der Waals surface area contributed by atoms with Gasteiger partial charge in [0.1, 0.15) is 0 Å². The van der Waals surface area contributed by atoms with Crippen LogP contribution in [0.5, 0.6) is 0 Å². The fourth-order valence-electron chi connectivity index (χ4n) is 2.04. The molecule has 0 spiro atoms. The van der Waals surface area contributed by atoms with Crippen molar-refractivity contribution in [3.8, 4) is 0 Å². The second kappa shape index (κ2) is 1.72. The molecule has 52 valence electrons. The average molecular weight is 126 g/mol. The molecule has 0 aromatic carbocycles. The number of hydrogen-bond acceptors (Lipinski definition) is 1. The Hall–Kier alpha value is -0.0400. The van der Waals surface area contributed by atoms with Crippen LogP contribution >= 0.6 is 0 Å². The highest BCUT2D eigenvalue weighted by Crippen LogP contribution is 2.51. The van der Waals surface area contributed by atoms with Gasteiger partial charge >= 0.3 is 0 Å². The van der Waals surface area contributed by atoms with Crippen LogP contribution in [0.4, 0.5) is 0 Å². The molecule has 0 amide bonds. The fraction of sp³-hybridized carbons (Fsp3) is 1.00. The molecule has 0 unspecified atom stereocenters. The fourth-order valence-corrected chi connectivity index (χ4v) is 2.04. The van der Waals surface area contributed by atoms with Crippen molar-refractivity contribution in [3.05, 3.63) is 0 Å². The molecule has 2 rings (SSSR count). The Morgan fingerprint density at radius 1 is 1.22 bits per heavy atom. The van der Waals surface area contributed by atoms with Gasteiger partial charge in [0.15, 0.2) is 0 Å². The van der Waals surface area contributed by atoms with Crippen molar-refractivity contribution in [1.82, 2.24) is 0 Å². The van der Waals surface area contributed by atoms with E-state index in [0.717, 1.165) is 12.8 Å². The molecule has 0 aromatic rings. The monoisotopic (exact) mass is 126 g/mol. The Bertz CT molecular complexity index is 122. The Morgan fingerprint density at radius 3 is 3.00 bits per heavy atom. The average Bonchev–Trinajstić information content (AvgIpc) is 2.40. The first-order valence-corrected chi connectivity index (χ1v) is 4.04. The first kappa shape index (κ1) is 5.72. The molecular weight excluding hydrogens is 112 g/mol. The van der Waals surface area contributed by atoms with E-state index >= 15 is 0 Å². The highest BCUT2D eigenvalue weighted by Gasteiger charge is 2.52. The van der Waals surface area contributed by atoms with Gasteiger partial charge in [0, 0.05) is 0 Å². The molecule has 0 aliphatic heterocycles. The van der Waals surface area contributed by atoms with Crippen molar-refractivity contribution in [2.24, 2.45) is 5.92 Å². The van der Waals surface area contributed by atoms with Gasteiger partial charge in [0.2, 0.25) is 0 Å². The normalized spacial score (nSPS) is 49.7. The lowest BCUT2D eigenvalue weighted by atomic mass is 10.1. The van der Waals surface area contributed by atoms with Crippen LogP contribution in [-0.4, -0.2) is 10.7 Å². The zero-order valence-electron chi connectivity index (χ0n) is 5.77. The van der Waals surface area contributed by atoms with E-state index in [1.165, 1.54) is 25.7 Å². The van der Waals surface area contributed by atoms with Crippen molar-refractivity contribution in [1.29, 1.82) is 0 Å². The van der Waals surface area contributed by atoms with E-state index in [1.807, 2.05) is 0 Å². The standard InChI is InChI=1S/C8H14O/c9-8-5-3-1-2-4-7(8)6-8/h7,9H,1-6H2/t7-,8-/m1/s1. The van der Waals surface area contributed by atoms with Crippen LogP contribution in [0.15, 0.2) is 0 Å². The summed E-state index contributed by atoms with van der Waals surface area (Å²) in [6.45, 7) is 0. The van der Waals surface area contributed by atoms with Crippen molar-refractivity contribution in [2.45, 2.75) is 44.1 Å². The second-order valence-electron chi connectivity index (χ2n) is 3.60. The number of fused-ring (bicyclic) bond motifs is 1. The molecule has 0 saturated heterocycles. The van der Waals surface area contributed by atoms with Crippen LogP contribution in [-0.2, 0) is 0 Å². The van der Waals surface area contributed by atoms with Crippen LogP contribution < -0.4 is 0 Å². The molecule has 0 radical (unpaired) electrons. The molecule has 0 heterocycles. The zero-order valence-corrected chi connectivity index (χ0v) is 5.77. The van der Waals surface area contributed by atoms with Crippen LogP contribution in [0.1, 0.15) is 38.5 Å². The van der Waals surface area contributed by atoms with E-state index in [2.05, 4.69) is 0 Å². The SMILES string of the molecule is O[C@@]12CCCCC[C@@H]1C2. The van der Waals surface area contributed by atoms with Crippen molar-refractivity contribution in [2.75, 3.05) is 0 Å². The molecular formula is C8H14O. The molecule has 9 heavy (non-hydrogen) atoms. The molecule has 2 aliphatic carbocycles. The van der Waals surface area contributed by atoms with Crippen LogP contribution in [0.2, 0.25) is 0 Å². The smallest absolute Gasteiger partial charge is 0.0680 e. The summed E-state index contributed by atoms with van der Waals surface area (Å²) in [5.74, 6) is 0.694. The summed E-state index contributed by atoms with van der Waals surface area (Å²) in [4.78, 5) is 0. The third-order valence-electron chi connectivity index (χ3n) is 2.86. The number of rotatable bonds is 0. The summed E-state index contributed by atoms with van der Waals surface area (Å²) in [6, 6.07) is 0. The minimum absolute atomic E-state index is 0.170. The van der Waals surface area contributed by atoms with Gasteiger partial charge in [-0.15, -0.1) is 0 Å². The maximum atomic E-state index is 9.63. The molecule has 2 saturated carbocycles. The minimum atomic E-state index is -0.170. The summed E-state index contributed by atoms with van der Waals surface area (Å²) in [5.41, 5.74) is -0.170. The minimum Gasteiger partial charge on any atom is -0.390 e. The lowest BCUT2D eigenvalue weighted by Crippen LogP contribution is -2.08. The van der Waals surface area contributed by atoms with E-state index in [1.54, 1.807) is 0 Å². The zero-order chi connectivity index (χ0) is 6.32. The second-order valence-corrected chi connectivity index (χ2v) is 3.60. The quantitative estimate of drug-likeness (QED) is 0.523. The van der Waals surface area contributed by atoms with Crippen LogP contribution in [0.3, 0.4) is 0 Å². The Kier molecular flexibility index (Phi) is 1.10. The van der Waals surface area contributed by atoms with Gasteiger partial charge in [-0.25, -0.2) is 0 Å². The summed E-state index contributed by atoms with van der Waals surface area (Å²) in [5, 5.41) is 9.63. The van der Waals surface area contributed by atoms with Gasteiger partial charge in [-0.1, -0.05) is 19.3 Å². The van der Waals surface area contributed by atoms with E-state index < -0.39 is 0 Å². The topological polar surface area (TPSA) is 20.2 Å². The van der Waals surface area contributed by atoms with Crippen LogP contribution in [0.25, 0.3) is 0 Å². The molecule has 1 nitrogen and oxygen atoms in total. The Balaban J connectivity index is 2.00. The molecule has 0 bridgehead atoms. The molecule has 2 fully saturated rings. The Labute approximate surface area is 56.1 Å². The summed E-state index contributed by atoms with van der Waals surface area (Å²) in [7, 11) is 0. The van der Waals surface area contributed by atoms with E-state index in [0.29, 0.717) is 5.92 Å². The summed E-state index contributed by atoms with van der Waals surface area (Å²) < 4.78 is 0. The van der Waals surface area contributed by atoms with Crippen LogP contribution in [0, 0.1) is 5.92 Å². The summed E-state index contributed by atoms with van der Waals surface area (Å²) in [6.07, 6.45) is 7.43. The lowest BCUT2D eigenvalue weighted by Gasteiger charge is -2.03. The van der Waals surface area contributed by atoms with Gasteiger partial charge in [-0.05, 0) is 25.2 Å². The molecule has 1 N–H and O–H groups in total. The van der Waals surface area contributed by atoms with Gasteiger partial charge in [0.25, 0.3) is 0 Å². The summed E-state index contributed by atoms with van der Waals surface area (Å²) >= 11 is 0. The lowest BCUT2D eigenvalue weighted by molar-refractivity contribution is 0.123.